The SMILES string of the molecule is COc1cc(C2C(C(N)=O)=C(C)Nc3ncnn32)ccc1OCc1ccc(Br)cc1. The molecule has 1 aliphatic heterocycles. The average molecular weight is 470 g/mol. The van der Waals surface area contributed by atoms with Crippen LogP contribution in [-0.4, -0.2) is 27.8 Å². The van der Waals surface area contributed by atoms with E-state index in [2.05, 4.69) is 31.3 Å². The van der Waals surface area contributed by atoms with Crippen molar-refractivity contribution in [2.45, 2.75) is 19.6 Å². The highest BCUT2D eigenvalue weighted by molar-refractivity contribution is 9.10. The lowest BCUT2D eigenvalue weighted by molar-refractivity contribution is -0.115. The number of hydrogen-bond donors (Lipinski definition) is 2. The van der Waals surface area contributed by atoms with Gasteiger partial charge in [0, 0.05) is 10.2 Å². The van der Waals surface area contributed by atoms with Crippen molar-refractivity contribution < 1.29 is 14.3 Å². The molecule has 1 amide bonds. The fourth-order valence-corrected chi connectivity index (χ4v) is 3.70. The van der Waals surface area contributed by atoms with E-state index in [-0.39, 0.29) is 0 Å². The molecule has 8 nitrogen and oxygen atoms in total. The summed E-state index contributed by atoms with van der Waals surface area (Å²) >= 11 is 3.42. The molecule has 154 valence electrons. The Bertz CT molecular complexity index is 1120. The second kappa shape index (κ2) is 8.19. The quantitative estimate of drug-likeness (QED) is 0.573. The van der Waals surface area contributed by atoms with Gasteiger partial charge in [0.1, 0.15) is 19.0 Å². The zero-order chi connectivity index (χ0) is 21.3. The first-order valence-corrected chi connectivity index (χ1v) is 9.99. The molecule has 0 aliphatic carbocycles. The predicted octanol–water partition coefficient (Wildman–Crippen LogP) is 3.40. The summed E-state index contributed by atoms with van der Waals surface area (Å²) in [6.07, 6.45) is 1.43. The molecule has 1 unspecified atom stereocenters. The van der Waals surface area contributed by atoms with Crippen LogP contribution in [0.5, 0.6) is 11.5 Å². The van der Waals surface area contributed by atoms with Crippen LogP contribution in [0.2, 0.25) is 0 Å². The van der Waals surface area contributed by atoms with E-state index >= 15 is 0 Å². The van der Waals surface area contributed by atoms with Gasteiger partial charge in [-0.15, -0.1) is 0 Å². The maximum Gasteiger partial charge on any atom is 0.248 e. The van der Waals surface area contributed by atoms with Crippen molar-refractivity contribution in [1.82, 2.24) is 14.8 Å². The molecule has 4 rings (SSSR count). The summed E-state index contributed by atoms with van der Waals surface area (Å²) in [6.45, 7) is 2.19. The molecule has 0 bridgehead atoms. The lowest BCUT2D eigenvalue weighted by Gasteiger charge is -2.28. The number of rotatable bonds is 6. The van der Waals surface area contributed by atoms with Crippen LogP contribution < -0.4 is 20.5 Å². The van der Waals surface area contributed by atoms with Crippen LogP contribution in [0, 0.1) is 0 Å². The van der Waals surface area contributed by atoms with Gasteiger partial charge in [-0.3, -0.25) is 4.79 Å². The molecule has 2 heterocycles. The molecule has 3 N–H and O–H groups in total. The summed E-state index contributed by atoms with van der Waals surface area (Å²) in [6, 6.07) is 12.9. The standard InChI is InChI=1S/C21H20BrN5O3/c1-12-18(20(23)28)19(27-21(26-12)24-11-25-27)14-5-8-16(17(9-14)29-2)30-10-13-3-6-15(22)7-4-13/h3-9,11,19H,10H2,1-2H3,(H2,23,28)(H,24,25,26). The van der Waals surface area contributed by atoms with Crippen molar-refractivity contribution in [3.05, 3.63) is 75.7 Å². The van der Waals surface area contributed by atoms with Gasteiger partial charge in [-0.2, -0.15) is 10.1 Å². The first-order valence-electron chi connectivity index (χ1n) is 9.20. The van der Waals surface area contributed by atoms with Crippen molar-refractivity contribution >= 4 is 27.8 Å². The number of anilines is 1. The Labute approximate surface area is 181 Å². The third-order valence-electron chi connectivity index (χ3n) is 4.87. The van der Waals surface area contributed by atoms with E-state index in [4.69, 9.17) is 15.2 Å². The van der Waals surface area contributed by atoms with Crippen LogP contribution in [-0.2, 0) is 11.4 Å². The number of aromatic nitrogens is 3. The molecule has 1 aromatic heterocycles. The fraction of sp³-hybridized carbons (Fsp3) is 0.190. The van der Waals surface area contributed by atoms with Crippen molar-refractivity contribution in [1.29, 1.82) is 0 Å². The smallest absolute Gasteiger partial charge is 0.248 e. The van der Waals surface area contributed by atoms with Gasteiger partial charge in [0.2, 0.25) is 11.9 Å². The molecule has 0 spiro atoms. The Morgan fingerprint density at radius 1 is 1.23 bits per heavy atom. The Morgan fingerprint density at radius 2 is 2.00 bits per heavy atom. The maximum absolute atomic E-state index is 12.2. The van der Waals surface area contributed by atoms with E-state index in [1.807, 2.05) is 42.5 Å². The van der Waals surface area contributed by atoms with Crippen LogP contribution in [0.1, 0.15) is 24.1 Å². The van der Waals surface area contributed by atoms with Crippen molar-refractivity contribution in [3.63, 3.8) is 0 Å². The summed E-state index contributed by atoms with van der Waals surface area (Å²) in [5.41, 5.74) is 8.55. The molecule has 1 atom stereocenters. The highest BCUT2D eigenvalue weighted by atomic mass is 79.9. The summed E-state index contributed by atoms with van der Waals surface area (Å²) in [5, 5.41) is 7.33. The van der Waals surface area contributed by atoms with E-state index in [1.165, 1.54) is 6.33 Å². The third-order valence-corrected chi connectivity index (χ3v) is 5.40. The average Bonchev–Trinajstić information content (AvgIpc) is 3.20. The predicted molar refractivity (Wildman–Crippen MR) is 115 cm³/mol. The van der Waals surface area contributed by atoms with E-state index in [0.717, 1.165) is 15.6 Å². The van der Waals surface area contributed by atoms with Gasteiger partial charge >= 0.3 is 0 Å². The number of allylic oxidation sites excluding steroid dienone is 1. The van der Waals surface area contributed by atoms with Gasteiger partial charge in [0.15, 0.2) is 11.5 Å². The zero-order valence-corrected chi connectivity index (χ0v) is 18.0. The lowest BCUT2D eigenvalue weighted by atomic mass is 9.95. The fourth-order valence-electron chi connectivity index (χ4n) is 3.43. The van der Waals surface area contributed by atoms with E-state index in [1.54, 1.807) is 18.7 Å². The first kappa shape index (κ1) is 20.0. The maximum atomic E-state index is 12.2. The van der Waals surface area contributed by atoms with Gasteiger partial charge in [0.05, 0.1) is 12.7 Å². The minimum Gasteiger partial charge on any atom is -0.493 e. The minimum atomic E-state index is -0.527. The minimum absolute atomic E-state index is 0.398. The second-order valence-corrected chi connectivity index (χ2v) is 7.70. The molecular formula is C21H20BrN5O3. The number of benzene rings is 2. The Kier molecular flexibility index (Phi) is 5.45. The van der Waals surface area contributed by atoms with E-state index in [0.29, 0.717) is 35.3 Å². The molecule has 1 aliphatic rings. The monoisotopic (exact) mass is 469 g/mol. The second-order valence-electron chi connectivity index (χ2n) is 6.78. The number of nitrogens with one attached hydrogen (secondary N) is 1. The highest BCUT2D eigenvalue weighted by Gasteiger charge is 2.32. The van der Waals surface area contributed by atoms with Crippen molar-refractivity contribution in [2.24, 2.45) is 5.73 Å². The van der Waals surface area contributed by atoms with Gasteiger partial charge < -0.3 is 20.5 Å². The molecule has 0 saturated carbocycles. The number of carbonyl (C=O) groups is 1. The first-order chi connectivity index (χ1) is 14.5. The van der Waals surface area contributed by atoms with Crippen LogP contribution in [0.25, 0.3) is 0 Å². The number of amides is 1. The number of halogens is 1. The Balaban J connectivity index is 1.66. The summed E-state index contributed by atoms with van der Waals surface area (Å²) in [7, 11) is 1.57. The number of nitrogens with zero attached hydrogens (tertiary/aromatic N) is 3. The number of methoxy groups -OCH3 is 1. The molecule has 2 aromatic carbocycles. The number of hydrogen-bond acceptors (Lipinski definition) is 6. The van der Waals surface area contributed by atoms with Crippen molar-refractivity contribution in [2.75, 3.05) is 12.4 Å². The number of fused-ring (bicyclic) bond motifs is 1. The third kappa shape index (κ3) is 3.76. The highest BCUT2D eigenvalue weighted by Crippen LogP contribution is 2.38. The van der Waals surface area contributed by atoms with E-state index < -0.39 is 11.9 Å². The van der Waals surface area contributed by atoms with Crippen molar-refractivity contribution in [3.8, 4) is 11.5 Å². The largest absolute Gasteiger partial charge is 0.493 e. The summed E-state index contributed by atoms with van der Waals surface area (Å²) in [4.78, 5) is 16.4. The van der Waals surface area contributed by atoms with Gasteiger partial charge in [-0.1, -0.05) is 34.1 Å². The lowest BCUT2D eigenvalue weighted by Crippen LogP contribution is -2.31. The molecular weight excluding hydrogens is 450 g/mol. The number of carbonyl (C=O) groups excluding carboxylic acids is 1. The van der Waals surface area contributed by atoms with Gasteiger partial charge in [0.25, 0.3) is 0 Å². The number of primary amides is 1. The molecule has 0 saturated heterocycles. The molecule has 3 aromatic rings. The topological polar surface area (TPSA) is 104 Å². The summed E-state index contributed by atoms with van der Waals surface area (Å²) in [5.74, 6) is 1.15. The van der Waals surface area contributed by atoms with E-state index in [9.17, 15) is 4.79 Å². The van der Waals surface area contributed by atoms with Crippen LogP contribution in [0.3, 0.4) is 0 Å². The molecule has 0 fully saturated rings. The molecule has 0 radical (unpaired) electrons. The Morgan fingerprint density at radius 3 is 2.70 bits per heavy atom. The Hall–Kier alpha value is -3.33. The normalized spacial score (nSPS) is 15.4. The van der Waals surface area contributed by atoms with Gasteiger partial charge in [-0.05, 0) is 42.3 Å². The van der Waals surface area contributed by atoms with Crippen LogP contribution in [0.4, 0.5) is 5.95 Å². The van der Waals surface area contributed by atoms with Crippen LogP contribution in [0.15, 0.2) is 64.5 Å². The summed E-state index contributed by atoms with van der Waals surface area (Å²) < 4.78 is 14.1. The number of nitrogens with two attached hydrogens (primary N) is 1. The van der Waals surface area contributed by atoms with Crippen LogP contribution >= 0.6 is 15.9 Å². The molecule has 9 heteroatoms. The molecule has 30 heavy (non-hydrogen) atoms. The number of ether oxygens (including phenoxy) is 2. The van der Waals surface area contributed by atoms with Gasteiger partial charge in [-0.25, -0.2) is 4.68 Å². The zero-order valence-electron chi connectivity index (χ0n) is 16.4.